The Morgan fingerprint density at radius 3 is 1.64 bits per heavy atom. The molecule has 0 amide bonds. The number of aromatic nitrogens is 3. The molecule has 0 spiro atoms. The van der Waals surface area contributed by atoms with Gasteiger partial charge in [0.1, 0.15) is 11.6 Å². The summed E-state index contributed by atoms with van der Waals surface area (Å²) in [5.41, 5.74) is 1.96. The molecule has 0 radical (unpaired) electrons. The summed E-state index contributed by atoms with van der Waals surface area (Å²) in [4.78, 5) is 13.1. The zero-order valence-corrected chi connectivity index (χ0v) is 12.1. The van der Waals surface area contributed by atoms with Crippen LogP contribution in [0.1, 0.15) is 11.4 Å². The van der Waals surface area contributed by atoms with Crippen LogP contribution in [0.2, 0.25) is 0 Å². The van der Waals surface area contributed by atoms with E-state index in [-0.39, 0.29) is 0 Å². The first-order chi connectivity index (χ1) is 10.9. The van der Waals surface area contributed by atoms with Crippen molar-refractivity contribution < 1.29 is 0 Å². The maximum absolute atomic E-state index is 4.62. The largest absolute Gasteiger partial charge is 0.364 e. The average molecular weight is 291 g/mol. The second-order valence-electron chi connectivity index (χ2n) is 4.76. The third-order valence-electron chi connectivity index (χ3n) is 3.10. The number of rotatable bonds is 6. The van der Waals surface area contributed by atoms with Crippen molar-refractivity contribution >= 4 is 11.6 Å². The fraction of sp³-hybridized carbons (Fsp3) is 0.118. The molecule has 3 aromatic heterocycles. The normalized spacial score (nSPS) is 10.2. The number of hydrogen-bond acceptors (Lipinski definition) is 5. The summed E-state index contributed by atoms with van der Waals surface area (Å²) in [6, 6.07) is 17.6. The smallest absolute Gasteiger partial charge is 0.126 e. The minimum atomic E-state index is 0.647. The molecule has 0 aliphatic carbocycles. The Morgan fingerprint density at radius 1 is 0.636 bits per heavy atom. The lowest BCUT2D eigenvalue weighted by Crippen LogP contribution is -2.07. The quantitative estimate of drug-likeness (QED) is 0.730. The summed E-state index contributed by atoms with van der Waals surface area (Å²) in [7, 11) is 0. The maximum Gasteiger partial charge on any atom is 0.126 e. The molecule has 110 valence electrons. The third kappa shape index (κ3) is 4.02. The highest BCUT2D eigenvalue weighted by molar-refractivity contribution is 5.35. The lowest BCUT2D eigenvalue weighted by molar-refractivity contribution is 0.956. The molecule has 0 aliphatic rings. The Labute approximate surface area is 129 Å². The van der Waals surface area contributed by atoms with Crippen molar-refractivity contribution in [2.75, 3.05) is 10.6 Å². The lowest BCUT2D eigenvalue weighted by Gasteiger charge is -2.08. The van der Waals surface area contributed by atoms with Crippen molar-refractivity contribution in [1.29, 1.82) is 0 Å². The van der Waals surface area contributed by atoms with Crippen molar-refractivity contribution in [3.63, 3.8) is 0 Å². The minimum absolute atomic E-state index is 0.647. The minimum Gasteiger partial charge on any atom is -0.364 e. The van der Waals surface area contributed by atoms with Gasteiger partial charge in [0, 0.05) is 12.4 Å². The SMILES string of the molecule is c1ccc(NCc2cccc(CNc3ccccn3)n2)nc1. The summed E-state index contributed by atoms with van der Waals surface area (Å²) in [6.07, 6.45) is 3.53. The highest BCUT2D eigenvalue weighted by Crippen LogP contribution is 2.07. The Hall–Kier alpha value is -2.95. The van der Waals surface area contributed by atoms with Crippen molar-refractivity contribution in [3.05, 3.63) is 78.4 Å². The van der Waals surface area contributed by atoms with E-state index < -0.39 is 0 Å². The van der Waals surface area contributed by atoms with E-state index in [4.69, 9.17) is 0 Å². The van der Waals surface area contributed by atoms with Gasteiger partial charge >= 0.3 is 0 Å². The molecule has 3 rings (SSSR count). The van der Waals surface area contributed by atoms with E-state index in [2.05, 4.69) is 25.6 Å². The van der Waals surface area contributed by atoms with Crippen LogP contribution in [0.15, 0.2) is 67.0 Å². The highest BCUT2D eigenvalue weighted by Gasteiger charge is 2.00. The summed E-state index contributed by atoms with van der Waals surface area (Å²) in [5.74, 6) is 1.70. The molecule has 3 aromatic rings. The van der Waals surface area contributed by atoms with Crippen LogP contribution in [0.5, 0.6) is 0 Å². The summed E-state index contributed by atoms with van der Waals surface area (Å²) >= 11 is 0. The molecule has 2 N–H and O–H groups in total. The van der Waals surface area contributed by atoms with Crippen molar-refractivity contribution in [2.45, 2.75) is 13.1 Å². The van der Waals surface area contributed by atoms with Gasteiger partial charge in [-0.3, -0.25) is 4.98 Å². The Balaban J connectivity index is 1.58. The molecule has 0 aromatic carbocycles. The van der Waals surface area contributed by atoms with Crippen LogP contribution in [-0.4, -0.2) is 15.0 Å². The maximum atomic E-state index is 4.62. The lowest BCUT2D eigenvalue weighted by atomic mass is 10.3. The highest BCUT2D eigenvalue weighted by atomic mass is 15.0. The van der Waals surface area contributed by atoms with Gasteiger partial charge in [-0.1, -0.05) is 18.2 Å². The van der Waals surface area contributed by atoms with Crippen LogP contribution < -0.4 is 10.6 Å². The van der Waals surface area contributed by atoms with Gasteiger partial charge in [0.2, 0.25) is 0 Å². The molecule has 0 bridgehead atoms. The molecule has 0 unspecified atom stereocenters. The van der Waals surface area contributed by atoms with E-state index in [1.165, 1.54) is 0 Å². The van der Waals surface area contributed by atoms with Crippen LogP contribution >= 0.6 is 0 Å². The Kier molecular flexibility index (Phi) is 4.57. The second-order valence-corrected chi connectivity index (χ2v) is 4.76. The fourth-order valence-electron chi connectivity index (χ4n) is 2.02. The van der Waals surface area contributed by atoms with Gasteiger partial charge in [0.05, 0.1) is 24.5 Å². The van der Waals surface area contributed by atoms with E-state index in [0.717, 1.165) is 23.0 Å². The van der Waals surface area contributed by atoms with Crippen LogP contribution in [-0.2, 0) is 13.1 Å². The molecule has 5 heteroatoms. The zero-order valence-electron chi connectivity index (χ0n) is 12.1. The first-order valence-electron chi connectivity index (χ1n) is 7.15. The van der Waals surface area contributed by atoms with Crippen LogP contribution in [0.25, 0.3) is 0 Å². The van der Waals surface area contributed by atoms with E-state index in [9.17, 15) is 0 Å². The van der Waals surface area contributed by atoms with E-state index in [0.29, 0.717) is 13.1 Å². The molecular formula is C17H17N5. The number of anilines is 2. The van der Waals surface area contributed by atoms with Gasteiger partial charge in [-0.25, -0.2) is 9.97 Å². The van der Waals surface area contributed by atoms with Gasteiger partial charge in [-0.15, -0.1) is 0 Å². The molecule has 3 heterocycles. The standard InChI is InChI=1S/C17H17N5/c1-3-10-18-16(8-1)20-12-14-6-5-7-15(22-14)13-21-17-9-2-4-11-19-17/h1-11H,12-13H2,(H,18,20)(H,19,21). The predicted molar refractivity (Wildman–Crippen MR) is 87.4 cm³/mol. The van der Waals surface area contributed by atoms with Crippen molar-refractivity contribution in [3.8, 4) is 0 Å². The number of nitrogens with one attached hydrogen (secondary N) is 2. The monoisotopic (exact) mass is 291 g/mol. The van der Waals surface area contributed by atoms with Crippen LogP contribution in [0.4, 0.5) is 11.6 Å². The van der Waals surface area contributed by atoms with E-state index >= 15 is 0 Å². The summed E-state index contributed by atoms with van der Waals surface area (Å²) in [5, 5.41) is 6.51. The Morgan fingerprint density at radius 2 is 1.18 bits per heavy atom. The number of hydrogen-bond donors (Lipinski definition) is 2. The van der Waals surface area contributed by atoms with E-state index in [1.807, 2.05) is 54.6 Å². The number of nitrogens with zero attached hydrogens (tertiary/aromatic N) is 3. The first kappa shape index (κ1) is 14.0. The second kappa shape index (κ2) is 7.17. The van der Waals surface area contributed by atoms with Gasteiger partial charge in [0.15, 0.2) is 0 Å². The molecule has 0 saturated carbocycles. The summed E-state index contributed by atoms with van der Waals surface area (Å²) < 4.78 is 0. The van der Waals surface area contributed by atoms with Gasteiger partial charge in [-0.2, -0.15) is 0 Å². The Bertz CT molecular complexity index is 642. The predicted octanol–water partition coefficient (Wildman–Crippen LogP) is 3.10. The molecule has 0 aliphatic heterocycles. The fourth-order valence-corrected chi connectivity index (χ4v) is 2.02. The first-order valence-corrected chi connectivity index (χ1v) is 7.15. The molecule has 0 saturated heterocycles. The van der Waals surface area contributed by atoms with Crippen LogP contribution in [0.3, 0.4) is 0 Å². The van der Waals surface area contributed by atoms with Crippen molar-refractivity contribution in [2.24, 2.45) is 0 Å². The van der Waals surface area contributed by atoms with Gasteiger partial charge < -0.3 is 10.6 Å². The topological polar surface area (TPSA) is 62.7 Å². The number of pyridine rings is 3. The third-order valence-corrected chi connectivity index (χ3v) is 3.10. The zero-order chi connectivity index (χ0) is 15.0. The van der Waals surface area contributed by atoms with E-state index in [1.54, 1.807) is 12.4 Å². The van der Waals surface area contributed by atoms with Crippen LogP contribution in [0, 0.1) is 0 Å². The summed E-state index contributed by atoms with van der Waals surface area (Å²) in [6.45, 7) is 1.29. The van der Waals surface area contributed by atoms with Gasteiger partial charge in [0.25, 0.3) is 0 Å². The van der Waals surface area contributed by atoms with Crippen molar-refractivity contribution in [1.82, 2.24) is 15.0 Å². The molecule has 0 atom stereocenters. The average Bonchev–Trinajstić information content (AvgIpc) is 2.60. The molecule has 0 fully saturated rings. The molecule has 5 nitrogen and oxygen atoms in total. The molecular weight excluding hydrogens is 274 g/mol. The van der Waals surface area contributed by atoms with Gasteiger partial charge in [-0.05, 0) is 36.4 Å². The molecule has 22 heavy (non-hydrogen) atoms.